The van der Waals surface area contributed by atoms with Gasteiger partial charge in [0.1, 0.15) is 5.82 Å². The number of aromatic nitrogens is 2. The number of nitrogens with zero attached hydrogens (tertiary/aromatic N) is 3. The molecule has 1 aromatic carbocycles. The van der Waals surface area contributed by atoms with E-state index < -0.39 is 0 Å². The molecule has 2 aromatic rings. The molecule has 1 fully saturated rings. The summed E-state index contributed by atoms with van der Waals surface area (Å²) in [4.78, 5) is 11.9. The van der Waals surface area contributed by atoms with Gasteiger partial charge < -0.3 is 10.2 Å². The Kier molecular flexibility index (Phi) is 5.03. The molecule has 128 valence electrons. The van der Waals surface area contributed by atoms with Crippen LogP contribution in [0.3, 0.4) is 0 Å². The fourth-order valence-electron chi connectivity index (χ4n) is 3.53. The van der Waals surface area contributed by atoms with Crippen LogP contribution in [0.2, 0.25) is 0 Å². The monoisotopic (exact) mass is 324 g/mol. The van der Waals surface area contributed by atoms with Gasteiger partial charge in [0.05, 0.1) is 0 Å². The predicted octanol–water partition coefficient (Wildman–Crippen LogP) is 4.91. The zero-order valence-corrected chi connectivity index (χ0v) is 15.3. The molecule has 4 nitrogen and oxygen atoms in total. The lowest BCUT2D eigenvalue weighted by molar-refractivity contribution is 0.443. The van der Waals surface area contributed by atoms with Gasteiger partial charge in [-0.3, -0.25) is 0 Å². The summed E-state index contributed by atoms with van der Waals surface area (Å²) in [6.07, 6.45) is 4.94. The maximum absolute atomic E-state index is 4.82. The topological polar surface area (TPSA) is 41.1 Å². The summed E-state index contributed by atoms with van der Waals surface area (Å²) < 4.78 is 0. The molecule has 1 saturated heterocycles. The molecule has 3 rings (SSSR count). The Hall–Kier alpha value is -2.10. The minimum absolute atomic E-state index is 0.564. The van der Waals surface area contributed by atoms with Gasteiger partial charge in [0, 0.05) is 30.0 Å². The van der Waals surface area contributed by atoms with Gasteiger partial charge in [0.2, 0.25) is 5.95 Å². The Labute approximate surface area is 145 Å². The van der Waals surface area contributed by atoms with Gasteiger partial charge in [-0.1, -0.05) is 24.6 Å². The molecule has 1 aliphatic heterocycles. The molecule has 0 bridgehead atoms. The van der Waals surface area contributed by atoms with Crippen molar-refractivity contribution in [2.75, 3.05) is 16.8 Å². The molecule has 0 amide bonds. The lowest BCUT2D eigenvalue weighted by atomic mass is 10.0. The maximum Gasteiger partial charge on any atom is 0.227 e. The smallest absolute Gasteiger partial charge is 0.227 e. The third-order valence-electron chi connectivity index (χ3n) is 4.84. The Balaban J connectivity index is 1.88. The van der Waals surface area contributed by atoms with Crippen LogP contribution in [0.5, 0.6) is 0 Å². The average Bonchev–Trinajstić information content (AvgIpc) is 2.57. The van der Waals surface area contributed by atoms with Gasteiger partial charge in [-0.2, -0.15) is 4.98 Å². The van der Waals surface area contributed by atoms with Crippen molar-refractivity contribution in [1.29, 1.82) is 0 Å². The molecule has 1 N–H and O–H groups in total. The quantitative estimate of drug-likeness (QED) is 0.867. The number of rotatable bonds is 4. The highest BCUT2D eigenvalue weighted by atomic mass is 15.3. The first kappa shape index (κ1) is 16.7. The van der Waals surface area contributed by atoms with Crippen molar-refractivity contribution in [2.24, 2.45) is 0 Å². The van der Waals surface area contributed by atoms with E-state index in [1.54, 1.807) is 0 Å². The Bertz CT molecular complexity index is 711. The van der Waals surface area contributed by atoms with E-state index >= 15 is 0 Å². The van der Waals surface area contributed by atoms with Gasteiger partial charge in [0.25, 0.3) is 0 Å². The zero-order chi connectivity index (χ0) is 17.1. The normalized spacial score (nSPS) is 17.8. The van der Waals surface area contributed by atoms with Crippen molar-refractivity contribution in [3.8, 4) is 0 Å². The summed E-state index contributed by atoms with van der Waals surface area (Å²) in [7, 11) is 0. The van der Waals surface area contributed by atoms with Crippen molar-refractivity contribution in [1.82, 2.24) is 9.97 Å². The summed E-state index contributed by atoms with van der Waals surface area (Å²) in [5, 5.41) is 3.47. The standard InChI is InChI=1S/C20H28N4/c1-5-17-8-6-7-11-24(17)20-21-16(4)13-19(23-20)22-18-10-9-14(2)12-15(18)3/h9-10,12-13,17H,5-8,11H2,1-4H3,(H,21,22,23). The van der Waals surface area contributed by atoms with E-state index in [9.17, 15) is 0 Å². The summed E-state index contributed by atoms with van der Waals surface area (Å²) >= 11 is 0. The van der Waals surface area contributed by atoms with Crippen LogP contribution in [-0.2, 0) is 0 Å². The third-order valence-corrected chi connectivity index (χ3v) is 4.84. The summed E-state index contributed by atoms with van der Waals surface area (Å²) in [6.45, 7) is 9.61. The fourth-order valence-corrected chi connectivity index (χ4v) is 3.53. The fraction of sp³-hybridized carbons (Fsp3) is 0.500. The first-order valence-electron chi connectivity index (χ1n) is 9.03. The highest BCUT2D eigenvalue weighted by Crippen LogP contribution is 2.26. The van der Waals surface area contributed by atoms with Crippen LogP contribution in [0.15, 0.2) is 24.3 Å². The molecule has 24 heavy (non-hydrogen) atoms. The summed E-state index contributed by atoms with van der Waals surface area (Å²) in [5.74, 6) is 1.75. The minimum Gasteiger partial charge on any atom is -0.340 e. The van der Waals surface area contributed by atoms with Gasteiger partial charge in [-0.15, -0.1) is 0 Å². The number of anilines is 3. The third kappa shape index (κ3) is 3.69. The van der Waals surface area contributed by atoms with E-state index in [2.05, 4.69) is 49.2 Å². The van der Waals surface area contributed by atoms with Gasteiger partial charge in [0.15, 0.2) is 0 Å². The molecule has 0 spiro atoms. The first-order valence-corrected chi connectivity index (χ1v) is 9.03. The van der Waals surface area contributed by atoms with Crippen LogP contribution in [0.25, 0.3) is 0 Å². The molecule has 1 aliphatic rings. The second kappa shape index (κ2) is 7.20. The van der Waals surface area contributed by atoms with Crippen molar-refractivity contribution >= 4 is 17.5 Å². The Morgan fingerprint density at radius 3 is 2.71 bits per heavy atom. The van der Waals surface area contributed by atoms with Crippen molar-refractivity contribution in [3.63, 3.8) is 0 Å². The number of hydrogen-bond acceptors (Lipinski definition) is 4. The van der Waals surface area contributed by atoms with Crippen LogP contribution >= 0.6 is 0 Å². The van der Waals surface area contributed by atoms with E-state index in [1.165, 1.54) is 30.4 Å². The summed E-state index contributed by atoms with van der Waals surface area (Å²) in [6, 6.07) is 9.02. The molecule has 1 aromatic heterocycles. The Morgan fingerprint density at radius 1 is 1.12 bits per heavy atom. The number of hydrogen-bond donors (Lipinski definition) is 1. The van der Waals surface area contributed by atoms with Gasteiger partial charge in [-0.25, -0.2) is 4.98 Å². The molecule has 0 saturated carbocycles. The predicted molar refractivity (Wildman–Crippen MR) is 101 cm³/mol. The first-order chi connectivity index (χ1) is 11.6. The average molecular weight is 324 g/mol. The molecule has 0 aliphatic carbocycles. The van der Waals surface area contributed by atoms with Crippen LogP contribution in [0, 0.1) is 20.8 Å². The van der Waals surface area contributed by atoms with Crippen LogP contribution in [-0.4, -0.2) is 22.6 Å². The van der Waals surface area contributed by atoms with E-state index in [0.29, 0.717) is 6.04 Å². The van der Waals surface area contributed by atoms with E-state index in [0.717, 1.165) is 36.1 Å². The second-order valence-corrected chi connectivity index (χ2v) is 6.89. The number of nitrogens with one attached hydrogen (secondary N) is 1. The lowest BCUT2D eigenvalue weighted by Gasteiger charge is -2.35. The van der Waals surface area contributed by atoms with Crippen LogP contribution in [0.4, 0.5) is 17.5 Å². The van der Waals surface area contributed by atoms with Crippen molar-refractivity contribution < 1.29 is 0 Å². The van der Waals surface area contributed by atoms with Crippen LogP contribution < -0.4 is 10.2 Å². The van der Waals surface area contributed by atoms with E-state index in [1.807, 2.05) is 13.0 Å². The van der Waals surface area contributed by atoms with Gasteiger partial charge >= 0.3 is 0 Å². The van der Waals surface area contributed by atoms with Crippen molar-refractivity contribution in [3.05, 3.63) is 41.1 Å². The highest BCUT2D eigenvalue weighted by Gasteiger charge is 2.23. The molecule has 1 unspecified atom stereocenters. The molecule has 4 heteroatoms. The molecule has 2 heterocycles. The van der Waals surface area contributed by atoms with Gasteiger partial charge in [-0.05, 0) is 58.1 Å². The van der Waals surface area contributed by atoms with E-state index in [4.69, 9.17) is 9.97 Å². The molecular formula is C20H28N4. The van der Waals surface area contributed by atoms with Crippen LogP contribution in [0.1, 0.15) is 49.4 Å². The second-order valence-electron chi connectivity index (χ2n) is 6.89. The maximum atomic E-state index is 4.82. The van der Waals surface area contributed by atoms with Crippen molar-refractivity contribution in [2.45, 2.75) is 59.4 Å². The number of aryl methyl sites for hydroxylation is 3. The lowest BCUT2D eigenvalue weighted by Crippen LogP contribution is -2.40. The zero-order valence-electron chi connectivity index (χ0n) is 15.3. The Morgan fingerprint density at radius 2 is 1.96 bits per heavy atom. The van der Waals surface area contributed by atoms with E-state index in [-0.39, 0.29) is 0 Å². The number of piperidine rings is 1. The SMILES string of the molecule is CCC1CCCCN1c1nc(C)cc(Nc2ccc(C)cc2C)n1. The minimum atomic E-state index is 0.564. The number of benzene rings is 1. The summed E-state index contributed by atoms with van der Waals surface area (Å²) in [5.41, 5.74) is 4.62. The molecule has 1 atom stereocenters. The molecule has 0 radical (unpaired) electrons. The largest absolute Gasteiger partial charge is 0.340 e. The molecular weight excluding hydrogens is 296 g/mol. The highest BCUT2D eigenvalue weighted by molar-refractivity contribution is 5.62.